The Balaban J connectivity index is 2.15. The van der Waals surface area contributed by atoms with Gasteiger partial charge in [-0.1, -0.05) is 42.5 Å². The van der Waals surface area contributed by atoms with E-state index in [2.05, 4.69) is 6.07 Å². The van der Waals surface area contributed by atoms with Crippen molar-refractivity contribution >= 4 is 22.4 Å². The highest BCUT2D eigenvalue weighted by Crippen LogP contribution is 2.31. The molecule has 0 spiro atoms. The molecule has 0 aliphatic heterocycles. The SMILES string of the molecule is CCOc1ccc(/C=C(/C#N)c2cccc(F)c2)c2ccccc12. The van der Waals surface area contributed by atoms with Gasteiger partial charge < -0.3 is 4.74 Å². The van der Waals surface area contributed by atoms with E-state index in [0.717, 1.165) is 22.1 Å². The molecule has 0 N–H and O–H groups in total. The van der Waals surface area contributed by atoms with Gasteiger partial charge in [0.25, 0.3) is 0 Å². The third-order valence-electron chi connectivity index (χ3n) is 3.77. The summed E-state index contributed by atoms with van der Waals surface area (Å²) in [5.74, 6) is 0.458. The summed E-state index contributed by atoms with van der Waals surface area (Å²) >= 11 is 0. The van der Waals surface area contributed by atoms with E-state index < -0.39 is 0 Å². The Morgan fingerprint density at radius 1 is 1.08 bits per heavy atom. The van der Waals surface area contributed by atoms with Crippen molar-refractivity contribution in [2.45, 2.75) is 6.92 Å². The lowest BCUT2D eigenvalue weighted by Crippen LogP contribution is -1.93. The molecule has 0 heterocycles. The third-order valence-corrected chi connectivity index (χ3v) is 3.77. The van der Waals surface area contributed by atoms with Crippen molar-refractivity contribution in [3.63, 3.8) is 0 Å². The number of rotatable bonds is 4. The number of nitrogens with zero attached hydrogens (tertiary/aromatic N) is 1. The quantitative estimate of drug-likeness (QED) is 0.474. The van der Waals surface area contributed by atoms with Gasteiger partial charge in [-0.05, 0) is 47.7 Å². The van der Waals surface area contributed by atoms with Crippen LogP contribution in [-0.2, 0) is 0 Å². The molecule has 0 bridgehead atoms. The van der Waals surface area contributed by atoms with Crippen LogP contribution in [0.3, 0.4) is 0 Å². The Hall–Kier alpha value is -3.12. The number of benzene rings is 3. The lowest BCUT2D eigenvalue weighted by molar-refractivity contribution is 0.344. The summed E-state index contributed by atoms with van der Waals surface area (Å²) in [6.45, 7) is 2.53. The van der Waals surface area contributed by atoms with Crippen LogP contribution in [0.5, 0.6) is 5.75 Å². The second kappa shape index (κ2) is 6.97. The molecular formula is C21H16FNO. The van der Waals surface area contributed by atoms with Gasteiger partial charge in [-0.2, -0.15) is 5.26 Å². The molecule has 0 amide bonds. The van der Waals surface area contributed by atoms with Gasteiger partial charge in [0.1, 0.15) is 11.6 Å². The maximum absolute atomic E-state index is 13.4. The molecule has 0 aliphatic carbocycles. The zero-order valence-electron chi connectivity index (χ0n) is 13.3. The predicted octanol–water partition coefficient (Wildman–Crippen LogP) is 5.44. The summed E-state index contributed by atoms with van der Waals surface area (Å²) in [5, 5.41) is 11.5. The maximum atomic E-state index is 13.4. The first kappa shape index (κ1) is 15.8. The Bertz CT molecular complexity index is 953. The van der Waals surface area contributed by atoms with Gasteiger partial charge in [0.2, 0.25) is 0 Å². The van der Waals surface area contributed by atoms with Crippen molar-refractivity contribution in [1.82, 2.24) is 0 Å². The molecule has 0 radical (unpaired) electrons. The van der Waals surface area contributed by atoms with Crippen molar-refractivity contribution in [2.75, 3.05) is 6.61 Å². The Labute approximate surface area is 140 Å². The average molecular weight is 317 g/mol. The van der Waals surface area contributed by atoms with Crippen LogP contribution in [0.15, 0.2) is 60.7 Å². The van der Waals surface area contributed by atoms with E-state index in [1.807, 2.05) is 43.3 Å². The van der Waals surface area contributed by atoms with E-state index in [-0.39, 0.29) is 5.82 Å². The molecule has 0 fully saturated rings. The topological polar surface area (TPSA) is 33.0 Å². The lowest BCUT2D eigenvalue weighted by atomic mass is 9.99. The zero-order chi connectivity index (χ0) is 16.9. The van der Waals surface area contributed by atoms with E-state index in [9.17, 15) is 9.65 Å². The van der Waals surface area contributed by atoms with E-state index in [4.69, 9.17) is 4.74 Å². The standard InChI is InChI=1S/C21H16FNO/c1-2-24-21-11-10-16(19-8-3-4-9-20(19)21)12-17(14-23)15-6-5-7-18(22)13-15/h3-13H,2H2,1H3/b17-12-. The molecule has 0 saturated heterocycles. The Morgan fingerprint density at radius 2 is 1.88 bits per heavy atom. The molecule has 3 aromatic carbocycles. The van der Waals surface area contributed by atoms with Crippen LogP contribution in [-0.4, -0.2) is 6.61 Å². The monoisotopic (exact) mass is 317 g/mol. The molecule has 3 heteroatoms. The minimum absolute atomic E-state index is 0.356. The highest BCUT2D eigenvalue weighted by atomic mass is 19.1. The van der Waals surface area contributed by atoms with Gasteiger partial charge in [-0.3, -0.25) is 0 Å². The Kier molecular flexibility index (Phi) is 4.58. The van der Waals surface area contributed by atoms with E-state index in [0.29, 0.717) is 17.7 Å². The first-order valence-electron chi connectivity index (χ1n) is 7.75. The van der Waals surface area contributed by atoms with Gasteiger partial charge in [0.05, 0.1) is 18.2 Å². The van der Waals surface area contributed by atoms with E-state index in [1.165, 1.54) is 12.1 Å². The number of hydrogen-bond acceptors (Lipinski definition) is 2. The number of hydrogen-bond donors (Lipinski definition) is 0. The van der Waals surface area contributed by atoms with Crippen LogP contribution in [0.25, 0.3) is 22.4 Å². The lowest BCUT2D eigenvalue weighted by Gasteiger charge is -2.10. The second-order valence-corrected chi connectivity index (χ2v) is 5.31. The van der Waals surface area contributed by atoms with Gasteiger partial charge >= 0.3 is 0 Å². The first-order chi connectivity index (χ1) is 11.7. The molecule has 0 aromatic heterocycles. The minimum Gasteiger partial charge on any atom is -0.493 e. The second-order valence-electron chi connectivity index (χ2n) is 5.31. The smallest absolute Gasteiger partial charge is 0.127 e. The number of halogens is 1. The van der Waals surface area contributed by atoms with Crippen molar-refractivity contribution in [2.24, 2.45) is 0 Å². The van der Waals surface area contributed by atoms with E-state index >= 15 is 0 Å². The Morgan fingerprint density at radius 3 is 2.58 bits per heavy atom. The van der Waals surface area contributed by atoms with Gasteiger partial charge in [-0.15, -0.1) is 0 Å². The van der Waals surface area contributed by atoms with Gasteiger partial charge in [-0.25, -0.2) is 4.39 Å². The molecule has 3 aromatic rings. The number of ether oxygens (including phenoxy) is 1. The summed E-state index contributed by atoms with van der Waals surface area (Å²) in [4.78, 5) is 0. The van der Waals surface area contributed by atoms with E-state index in [1.54, 1.807) is 18.2 Å². The largest absolute Gasteiger partial charge is 0.493 e. The third kappa shape index (κ3) is 3.13. The molecule has 0 unspecified atom stereocenters. The summed E-state index contributed by atoms with van der Waals surface area (Å²) in [7, 11) is 0. The zero-order valence-corrected chi connectivity index (χ0v) is 13.3. The molecule has 2 nitrogen and oxygen atoms in total. The van der Waals surface area contributed by atoms with Gasteiger partial charge in [0.15, 0.2) is 0 Å². The van der Waals surface area contributed by atoms with Crippen molar-refractivity contribution in [3.8, 4) is 11.8 Å². The van der Waals surface area contributed by atoms with Crippen molar-refractivity contribution in [1.29, 1.82) is 5.26 Å². The molecule has 24 heavy (non-hydrogen) atoms. The minimum atomic E-state index is -0.356. The van der Waals surface area contributed by atoms with Crippen LogP contribution in [0.1, 0.15) is 18.1 Å². The fraction of sp³-hybridized carbons (Fsp3) is 0.0952. The van der Waals surface area contributed by atoms with Crippen LogP contribution in [0, 0.1) is 17.1 Å². The molecule has 0 atom stereocenters. The highest BCUT2D eigenvalue weighted by molar-refractivity contribution is 6.00. The number of allylic oxidation sites excluding steroid dienone is 1. The van der Waals surface area contributed by atoms with Crippen molar-refractivity contribution in [3.05, 3.63) is 77.6 Å². The van der Waals surface area contributed by atoms with Crippen LogP contribution >= 0.6 is 0 Å². The summed E-state index contributed by atoms with van der Waals surface area (Å²) in [6, 6.07) is 19.9. The normalized spacial score (nSPS) is 11.3. The first-order valence-corrected chi connectivity index (χ1v) is 7.75. The predicted molar refractivity (Wildman–Crippen MR) is 95.0 cm³/mol. The molecular weight excluding hydrogens is 301 g/mol. The number of fused-ring (bicyclic) bond motifs is 1. The van der Waals surface area contributed by atoms with Crippen LogP contribution in [0.4, 0.5) is 4.39 Å². The highest BCUT2D eigenvalue weighted by Gasteiger charge is 2.08. The molecule has 3 rings (SSSR count). The summed E-state index contributed by atoms with van der Waals surface area (Å²) in [6.07, 6.45) is 1.78. The molecule has 0 saturated carbocycles. The fourth-order valence-electron chi connectivity index (χ4n) is 2.69. The number of nitriles is 1. The average Bonchev–Trinajstić information content (AvgIpc) is 2.61. The fourth-order valence-corrected chi connectivity index (χ4v) is 2.69. The van der Waals surface area contributed by atoms with Crippen LogP contribution < -0.4 is 4.74 Å². The molecule has 0 aliphatic rings. The summed E-state index contributed by atoms with van der Waals surface area (Å²) in [5.41, 5.74) is 1.88. The summed E-state index contributed by atoms with van der Waals surface area (Å²) < 4.78 is 19.1. The van der Waals surface area contributed by atoms with Crippen LogP contribution in [0.2, 0.25) is 0 Å². The van der Waals surface area contributed by atoms with Gasteiger partial charge in [0, 0.05) is 5.39 Å². The van der Waals surface area contributed by atoms with Crippen molar-refractivity contribution < 1.29 is 9.13 Å². The molecule has 118 valence electrons. The maximum Gasteiger partial charge on any atom is 0.127 e.